The highest BCUT2D eigenvalue weighted by Crippen LogP contribution is 2.51. The van der Waals surface area contributed by atoms with Crippen LogP contribution >= 0.6 is 0 Å². The Morgan fingerprint density at radius 2 is 1.81 bits per heavy atom. The van der Waals surface area contributed by atoms with E-state index in [1.807, 2.05) is 0 Å². The fourth-order valence-corrected chi connectivity index (χ4v) is 5.59. The van der Waals surface area contributed by atoms with Crippen LogP contribution in [0.5, 0.6) is 0 Å². The molecule has 3 heterocycles. The van der Waals surface area contributed by atoms with E-state index in [0.29, 0.717) is 24.8 Å². The summed E-state index contributed by atoms with van der Waals surface area (Å²) in [5, 5.41) is 4.00. The van der Waals surface area contributed by atoms with Crippen LogP contribution in [0.4, 0.5) is 4.79 Å². The molecule has 5 rings (SSSR count). The van der Waals surface area contributed by atoms with Crippen molar-refractivity contribution in [1.82, 2.24) is 20.2 Å². The fourth-order valence-electron chi connectivity index (χ4n) is 5.24. The first-order valence-corrected chi connectivity index (χ1v) is 10.5. The van der Waals surface area contributed by atoms with Gasteiger partial charge in [-0.15, -0.1) is 4.28 Å². The molecule has 3 saturated heterocycles. The maximum absolute atomic E-state index is 12.7. The van der Waals surface area contributed by atoms with Crippen LogP contribution in [0.2, 0.25) is 0 Å². The maximum atomic E-state index is 12.7. The van der Waals surface area contributed by atoms with E-state index in [9.17, 15) is 18.0 Å². The summed E-state index contributed by atoms with van der Waals surface area (Å²) in [4.78, 5) is 29.0. The minimum atomic E-state index is -3.14. The van der Waals surface area contributed by atoms with E-state index >= 15 is 0 Å². The standard InChI is InChI=1S/C16H24N4O5S/c21-14(17-10-5-16(6-10)8-18(9-16)11-1-2-11)13-4-3-12-7-19(13)15(22)20(12)25-26(23)24/h10-13,26H,1-9H2,(H,17,21)/t12-,13+/m1/s1. The van der Waals surface area contributed by atoms with Gasteiger partial charge in [-0.25, -0.2) is 13.2 Å². The molecule has 2 bridgehead atoms. The molecule has 5 fully saturated rings. The van der Waals surface area contributed by atoms with E-state index in [1.54, 1.807) is 0 Å². The number of fused-ring (bicyclic) bond motifs is 2. The molecule has 1 N–H and O–H groups in total. The van der Waals surface area contributed by atoms with Crippen molar-refractivity contribution in [1.29, 1.82) is 0 Å². The van der Waals surface area contributed by atoms with Gasteiger partial charge in [0.2, 0.25) is 5.91 Å². The third kappa shape index (κ3) is 2.69. The lowest BCUT2D eigenvalue weighted by molar-refractivity contribution is -0.132. The number of carbonyl (C=O) groups is 2. The zero-order valence-corrected chi connectivity index (χ0v) is 15.4. The van der Waals surface area contributed by atoms with Crippen LogP contribution in [0.1, 0.15) is 38.5 Å². The summed E-state index contributed by atoms with van der Waals surface area (Å²) in [7, 11) is -3.14. The Morgan fingerprint density at radius 3 is 2.46 bits per heavy atom. The molecule has 26 heavy (non-hydrogen) atoms. The van der Waals surface area contributed by atoms with Crippen molar-refractivity contribution in [3.8, 4) is 0 Å². The van der Waals surface area contributed by atoms with Crippen molar-refractivity contribution in [3.63, 3.8) is 0 Å². The van der Waals surface area contributed by atoms with Gasteiger partial charge in [0.1, 0.15) is 6.04 Å². The number of nitrogens with one attached hydrogen (secondary N) is 1. The van der Waals surface area contributed by atoms with E-state index in [-0.39, 0.29) is 18.0 Å². The molecular formula is C16H24N4O5S. The van der Waals surface area contributed by atoms with E-state index in [4.69, 9.17) is 0 Å². The summed E-state index contributed by atoms with van der Waals surface area (Å²) in [5.41, 5.74) is 0.408. The van der Waals surface area contributed by atoms with Crippen LogP contribution in [0.25, 0.3) is 0 Å². The number of rotatable bonds is 5. The zero-order valence-electron chi connectivity index (χ0n) is 14.5. The number of nitrogens with zero attached hydrogens (tertiary/aromatic N) is 3. The number of likely N-dealkylation sites (tertiary alicyclic amines) is 1. The molecule has 0 aromatic rings. The third-order valence-electron chi connectivity index (χ3n) is 6.63. The molecule has 2 atom stereocenters. The number of thiol groups is 1. The van der Waals surface area contributed by atoms with Crippen molar-refractivity contribution >= 4 is 22.9 Å². The molecule has 5 aliphatic rings. The maximum Gasteiger partial charge on any atom is 0.346 e. The topological polar surface area (TPSA) is 99.3 Å². The molecule has 0 radical (unpaired) electrons. The molecule has 10 heteroatoms. The molecule has 0 aromatic carbocycles. The van der Waals surface area contributed by atoms with Crippen molar-refractivity contribution in [2.45, 2.75) is 62.7 Å². The highest BCUT2D eigenvalue weighted by molar-refractivity contribution is 7.67. The van der Waals surface area contributed by atoms with Gasteiger partial charge in [0.15, 0.2) is 0 Å². The van der Waals surface area contributed by atoms with Crippen LogP contribution in [-0.2, 0) is 20.1 Å². The van der Waals surface area contributed by atoms with Gasteiger partial charge in [-0.05, 0) is 43.9 Å². The van der Waals surface area contributed by atoms with Crippen LogP contribution < -0.4 is 5.32 Å². The Kier molecular flexibility index (Phi) is 3.74. The lowest BCUT2D eigenvalue weighted by Crippen LogP contribution is -2.67. The Bertz CT molecular complexity index is 701. The normalized spacial score (nSPS) is 33.5. The average molecular weight is 384 g/mol. The van der Waals surface area contributed by atoms with Gasteiger partial charge in [0.05, 0.1) is 6.04 Å². The minimum absolute atomic E-state index is 0.122. The Balaban J connectivity index is 1.14. The predicted molar refractivity (Wildman–Crippen MR) is 90.3 cm³/mol. The first-order valence-electron chi connectivity index (χ1n) is 9.41. The second kappa shape index (κ2) is 5.80. The third-order valence-corrected chi connectivity index (χ3v) is 6.93. The summed E-state index contributed by atoms with van der Waals surface area (Å²) in [6.07, 6.45) is 5.82. The Labute approximate surface area is 153 Å². The summed E-state index contributed by atoms with van der Waals surface area (Å²) in [6.45, 7) is 2.67. The first-order chi connectivity index (χ1) is 12.4. The molecule has 2 saturated carbocycles. The van der Waals surface area contributed by atoms with Gasteiger partial charge in [0, 0.05) is 31.7 Å². The highest BCUT2D eigenvalue weighted by atomic mass is 32.2. The second-order valence-corrected chi connectivity index (χ2v) is 9.17. The monoisotopic (exact) mass is 384 g/mol. The Morgan fingerprint density at radius 1 is 1.12 bits per heavy atom. The Hall–Kier alpha value is -1.39. The summed E-state index contributed by atoms with van der Waals surface area (Å²) in [6, 6.07) is -0.341. The number of hydrogen-bond donors (Lipinski definition) is 2. The largest absolute Gasteiger partial charge is 0.352 e. The molecule has 0 unspecified atom stereocenters. The average Bonchev–Trinajstić information content (AvgIpc) is 3.33. The van der Waals surface area contributed by atoms with Gasteiger partial charge in [-0.1, -0.05) is 0 Å². The molecule has 9 nitrogen and oxygen atoms in total. The molecule has 144 valence electrons. The predicted octanol–water partition coefficient (Wildman–Crippen LogP) is -0.544. The summed E-state index contributed by atoms with van der Waals surface area (Å²) >= 11 is 0. The van der Waals surface area contributed by atoms with Crippen molar-refractivity contribution in [2.75, 3.05) is 19.6 Å². The van der Waals surface area contributed by atoms with Crippen LogP contribution in [0, 0.1) is 5.41 Å². The minimum Gasteiger partial charge on any atom is -0.352 e. The molecule has 2 aliphatic carbocycles. The smallest absolute Gasteiger partial charge is 0.346 e. The molecule has 0 aromatic heterocycles. The first kappa shape index (κ1) is 16.8. The lowest BCUT2D eigenvalue weighted by Gasteiger charge is -2.59. The van der Waals surface area contributed by atoms with E-state index in [2.05, 4.69) is 14.5 Å². The lowest BCUT2D eigenvalue weighted by atomic mass is 9.60. The fraction of sp³-hybridized carbons (Fsp3) is 0.875. The van der Waals surface area contributed by atoms with E-state index < -0.39 is 23.1 Å². The van der Waals surface area contributed by atoms with Crippen LogP contribution in [0.15, 0.2) is 0 Å². The number of urea groups is 1. The van der Waals surface area contributed by atoms with Gasteiger partial charge in [-0.2, -0.15) is 5.06 Å². The number of hydrogen-bond acceptors (Lipinski definition) is 6. The molecule has 1 spiro atoms. The quantitative estimate of drug-likeness (QED) is 0.618. The van der Waals surface area contributed by atoms with Gasteiger partial charge >= 0.3 is 6.03 Å². The number of amides is 3. The van der Waals surface area contributed by atoms with Crippen LogP contribution in [-0.4, -0.2) is 79.0 Å². The molecular weight excluding hydrogens is 360 g/mol. The number of carbonyl (C=O) groups excluding carboxylic acids is 2. The molecule has 3 aliphatic heterocycles. The summed E-state index contributed by atoms with van der Waals surface area (Å²) in [5.74, 6) is -0.122. The van der Waals surface area contributed by atoms with Gasteiger partial charge in [0.25, 0.3) is 11.0 Å². The number of piperidine rings is 1. The van der Waals surface area contributed by atoms with Gasteiger partial charge < -0.3 is 10.2 Å². The van der Waals surface area contributed by atoms with Gasteiger partial charge in [-0.3, -0.25) is 9.69 Å². The SMILES string of the molecule is O=C(NC1CC2(C1)CN(C1CC1)C2)[C@@H]1CC[C@@H]2CN1C(=O)N2O[SH](=O)=O. The van der Waals surface area contributed by atoms with Crippen molar-refractivity contribution < 1.29 is 22.3 Å². The highest BCUT2D eigenvalue weighted by Gasteiger charge is 2.56. The molecule has 3 amide bonds. The summed E-state index contributed by atoms with van der Waals surface area (Å²) < 4.78 is 26.2. The second-order valence-electron chi connectivity index (χ2n) is 8.56. The van der Waals surface area contributed by atoms with Crippen molar-refractivity contribution in [3.05, 3.63) is 0 Å². The van der Waals surface area contributed by atoms with Crippen LogP contribution in [0.3, 0.4) is 0 Å². The number of hydroxylamine groups is 2. The van der Waals surface area contributed by atoms with E-state index in [0.717, 1.165) is 23.9 Å². The van der Waals surface area contributed by atoms with E-state index in [1.165, 1.54) is 30.8 Å². The van der Waals surface area contributed by atoms with Crippen molar-refractivity contribution in [2.24, 2.45) is 5.41 Å². The zero-order chi connectivity index (χ0) is 18.1.